The first-order valence-corrected chi connectivity index (χ1v) is 12.8. The highest BCUT2D eigenvalue weighted by molar-refractivity contribution is 5.93. The summed E-state index contributed by atoms with van der Waals surface area (Å²) in [4.78, 5) is 39.0. The van der Waals surface area contributed by atoms with Crippen molar-refractivity contribution in [2.45, 2.75) is 69.9 Å². The first-order valence-electron chi connectivity index (χ1n) is 12.8. The predicted octanol–water partition coefficient (Wildman–Crippen LogP) is 1.16. The number of carbonyl (C=O) groups is 3. The molecule has 2 atom stereocenters. The smallest absolute Gasteiger partial charge is 0.243 e. The van der Waals surface area contributed by atoms with E-state index in [9.17, 15) is 14.4 Å². The Kier molecular flexibility index (Phi) is 7.62. The number of primary amides is 1. The van der Waals surface area contributed by atoms with Crippen molar-refractivity contribution in [1.82, 2.24) is 16.0 Å². The van der Waals surface area contributed by atoms with Gasteiger partial charge >= 0.3 is 0 Å². The van der Waals surface area contributed by atoms with Crippen LogP contribution in [0.4, 0.5) is 0 Å². The lowest BCUT2D eigenvalue weighted by Crippen LogP contribution is -2.59. The van der Waals surface area contributed by atoms with Gasteiger partial charge in [0.2, 0.25) is 17.7 Å². The van der Waals surface area contributed by atoms with Crippen LogP contribution in [0.2, 0.25) is 0 Å². The van der Waals surface area contributed by atoms with E-state index in [-0.39, 0.29) is 23.7 Å². The summed E-state index contributed by atoms with van der Waals surface area (Å²) in [6, 6.07) is 7.70. The quantitative estimate of drug-likeness (QED) is 0.158. The van der Waals surface area contributed by atoms with E-state index in [4.69, 9.17) is 16.9 Å². The predicted molar refractivity (Wildman–Crippen MR) is 133 cm³/mol. The number of rotatable bonds is 11. The molecule has 0 spiro atoms. The lowest BCUT2D eigenvalue weighted by molar-refractivity contribution is -0.148. The summed E-state index contributed by atoms with van der Waals surface area (Å²) in [6.45, 7) is 0.412. The zero-order valence-corrected chi connectivity index (χ0v) is 20.2. The van der Waals surface area contributed by atoms with Gasteiger partial charge in [0.1, 0.15) is 12.1 Å². The van der Waals surface area contributed by atoms with Gasteiger partial charge in [0.05, 0.1) is 0 Å². The van der Waals surface area contributed by atoms with Crippen LogP contribution in [-0.4, -0.2) is 42.3 Å². The molecule has 4 aliphatic carbocycles. The molecule has 1 unspecified atom stereocenters. The SMILES string of the molecule is N=C(N)NCCC[C@H](NC(=O)C12CC3CC(CC(C3)C1)C2)C(=O)NC(Cc1ccccc1)C(N)=O. The Labute approximate surface area is 206 Å². The van der Waals surface area contributed by atoms with E-state index in [1.165, 1.54) is 19.3 Å². The molecule has 4 saturated carbocycles. The van der Waals surface area contributed by atoms with Gasteiger partial charge in [-0.25, -0.2) is 0 Å². The van der Waals surface area contributed by atoms with Crippen molar-refractivity contribution in [1.29, 1.82) is 5.41 Å². The normalized spacial score (nSPS) is 28.1. The minimum absolute atomic E-state index is 0.0324. The Hall–Kier alpha value is -3.10. The highest BCUT2D eigenvalue weighted by atomic mass is 16.2. The largest absolute Gasteiger partial charge is 0.370 e. The van der Waals surface area contributed by atoms with Gasteiger partial charge in [-0.1, -0.05) is 30.3 Å². The number of nitrogens with two attached hydrogens (primary N) is 2. The third-order valence-corrected chi connectivity index (χ3v) is 8.07. The maximum absolute atomic E-state index is 13.6. The van der Waals surface area contributed by atoms with E-state index in [0.717, 1.165) is 24.8 Å². The standard InChI is InChI=1S/C26H38N6O3/c27-22(33)21(12-16-5-2-1-3-6-16)31-23(34)20(7-4-8-30-25(28)29)32-24(35)26-13-17-9-18(14-26)11-19(10-17)15-26/h1-3,5-6,17-21H,4,7-15H2,(H2,27,33)(H,31,34)(H,32,35)(H4,28,29,30)/t17?,18?,19?,20-,21?,26?/m0/s1. The van der Waals surface area contributed by atoms with Crippen molar-refractivity contribution in [3.63, 3.8) is 0 Å². The van der Waals surface area contributed by atoms with Crippen LogP contribution in [-0.2, 0) is 20.8 Å². The summed E-state index contributed by atoms with van der Waals surface area (Å²) >= 11 is 0. The van der Waals surface area contributed by atoms with Crippen molar-refractivity contribution < 1.29 is 14.4 Å². The lowest BCUT2D eigenvalue weighted by Gasteiger charge is -2.55. The molecule has 4 fully saturated rings. The van der Waals surface area contributed by atoms with E-state index >= 15 is 0 Å². The summed E-state index contributed by atoms with van der Waals surface area (Å²) in [5.41, 5.74) is 11.5. The number of hydrogen-bond acceptors (Lipinski definition) is 4. The molecule has 9 nitrogen and oxygen atoms in total. The molecule has 4 bridgehead atoms. The zero-order valence-electron chi connectivity index (χ0n) is 20.2. The second kappa shape index (κ2) is 10.7. The molecular weight excluding hydrogens is 444 g/mol. The van der Waals surface area contributed by atoms with Crippen LogP contribution in [0.25, 0.3) is 0 Å². The molecule has 0 aliphatic heterocycles. The third-order valence-electron chi connectivity index (χ3n) is 8.07. The maximum atomic E-state index is 13.6. The maximum Gasteiger partial charge on any atom is 0.243 e. The fourth-order valence-corrected chi connectivity index (χ4v) is 6.84. The topological polar surface area (TPSA) is 163 Å². The Balaban J connectivity index is 1.44. The molecule has 1 aromatic rings. The Morgan fingerprint density at radius 1 is 0.943 bits per heavy atom. The van der Waals surface area contributed by atoms with E-state index in [2.05, 4.69) is 16.0 Å². The number of carbonyl (C=O) groups excluding carboxylic acids is 3. The monoisotopic (exact) mass is 482 g/mol. The molecule has 0 aromatic heterocycles. The van der Waals surface area contributed by atoms with Gasteiger partial charge in [-0.05, 0) is 74.7 Å². The van der Waals surface area contributed by atoms with Gasteiger partial charge in [0.25, 0.3) is 0 Å². The highest BCUT2D eigenvalue weighted by Crippen LogP contribution is 2.60. The summed E-state index contributed by atoms with van der Waals surface area (Å²) in [5, 5.41) is 15.9. The summed E-state index contributed by atoms with van der Waals surface area (Å²) in [6.07, 6.45) is 7.57. The second-order valence-corrected chi connectivity index (χ2v) is 10.9. The molecule has 0 saturated heterocycles. The Morgan fingerprint density at radius 2 is 1.54 bits per heavy atom. The molecule has 0 radical (unpaired) electrons. The van der Waals surface area contributed by atoms with Crippen molar-refractivity contribution in [3.8, 4) is 0 Å². The minimum atomic E-state index is -0.876. The van der Waals surface area contributed by atoms with E-state index in [1.807, 2.05) is 30.3 Å². The van der Waals surface area contributed by atoms with E-state index in [1.54, 1.807) is 0 Å². The molecule has 8 N–H and O–H groups in total. The van der Waals surface area contributed by atoms with Gasteiger partial charge < -0.3 is 27.4 Å². The Bertz CT molecular complexity index is 914. The molecule has 3 amide bonds. The molecule has 5 rings (SSSR count). The molecule has 190 valence electrons. The first kappa shape index (κ1) is 25.0. The molecular formula is C26H38N6O3. The van der Waals surface area contributed by atoms with Gasteiger partial charge in [-0.15, -0.1) is 0 Å². The average Bonchev–Trinajstić information content (AvgIpc) is 2.80. The molecule has 1 aromatic carbocycles. The van der Waals surface area contributed by atoms with Gasteiger partial charge in [0.15, 0.2) is 5.96 Å². The van der Waals surface area contributed by atoms with E-state index < -0.39 is 23.9 Å². The van der Waals surface area contributed by atoms with Crippen molar-refractivity contribution in [3.05, 3.63) is 35.9 Å². The highest BCUT2D eigenvalue weighted by Gasteiger charge is 2.55. The number of amides is 3. The molecule has 35 heavy (non-hydrogen) atoms. The summed E-state index contributed by atoms with van der Waals surface area (Å²) in [7, 11) is 0. The van der Waals surface area contributed by atoms with Crippen LogP contribution >= 0.6 is 0 Å². The van der Waals surface area contributed by atoms with Crippen LogP contribution in [0.15, 0.2) is 30.3 Å². The minimum Gasteiger partial charge on any atom is -0.370 e. The Morgan fingerprint density at radius 3 is 2.09 bits per heavy atom. The van der Waals surface area contributed by atoms with Crippen molar-refractivity contribution >= 4 is 23.7 Å². The third kappa shape index (κ3) is 6.13. The average molecular weight is 483 g/mol. The number of benzene rings is 1. The lowest BCUT2D eigenvalue weighted by atomic mass is 9.49. The van der Waals surface area contributed by atoms with Gasteiger partial charge in [-0.3, -0.25) is 19.8 Å². The molecule has 9 heteroatoms. The first-order chi connectivity index (χ1) is 16.7. The van der Waals surface area contributed by atoms with Crippen molar-refractivity contribution in [2.75, 3.05) is 6.54 Å². The fourth-order valence-electron chi connectivity index (χ4n) is 6.84. The van der Waals surface area contributed by atoms with Gasteiger partial charge in [-0.2, -0.15) is 0 Å². The van der Waals surface area contributed by atoms with E-state index in [0.29, 0.717) is 37.1 Å². The molecule has 4 aliphatic rings. The second-order valence-electron chi connectivity index (χ2n) is 10.9. The number of hydrogen-bond donors (Lipinski definition) is 6. The summed E-state index contributed by atoms with van der Waals surface area (Å²) in [5.74, 6) is 0.643. The summed E-state index contributed by atoms with van der Waals surface area (Å²) < 4.78 is 0. The van der Waals surface area contributed by atoms with Crippen molar-refractivity contribution in [2.24, 2.45) is 34.6 Å². The van der Waals surface area contributed by atoms with Crippen LogP contribution < -0.4 is 27.4 Å². The fraction of sp³-hybridized carbons (Fsp3) is 0.615. The van der Waals surface area contributed by atoms with Crippen LogP contribution in [0, 0.1) is 28.6 Å². The number of guanidine groups is 1. The zero-order chi connectivity index (χ0) is 25.0. The van der Waals surface area contributed by atoms with Crippen LogP contribution in [0.3, 0.4) is 0 Å². The van der Waals surface area contributed by atoms with Crippen LogP contribution in [0.1, 0.15) is 56.9 Å². The molecule has 0 heterocycles. The number of nitrogens with one attached hydrogen (secondary N) is 4. The van der Waals surface area contributed by atoms with Crippen LogP contribution in [0.5, 0.6) is 0 Å². The van der Waals surface area contributed by atoms with Gasteiger partial charge in [0, 0.05) is 18.4 Å².